The van der Waals surface area contributed by atoms with Crippen molar-refractivity contribution >= 4 is 11.7 Å². The lowest BCUT2D eigenvalue weighted by atomic mass is 9.87. The molecule has 0 bridgehead atoms. The number of rotatable bonds is 4. The zero-order valence-electron chi connectivity index (χ0n) is 11.8. The predicted octanol–water partition coefficient (Wildman–Crippen LogP) is 3.51. The van der Waals surface area contributed by atoms with Crippen LogP contribution >= 0.6 is 0 Å². The second kappa shape index (κ2) is 5.42. The highest BCUT2D eigenvalue weighted by atomic mass is 16.4. The summed E-state index contributed by atoms with van der Waals surface area (Å²) >= 11 is 0. The first kappa shape index (κ1) is 14.6. The molecule has 1 aromatic rings. The molecule has 0 aromatic heterocycles. The molecular formula is C15H23NO2. The molecule has 0 aliphatic rings. The highest BCUT2D eigenvalue weighted by Gasteiger charge is 2.21. The third-order valence-corrected chi connectivity index (χ3v) is 3.01. The molecular weight excluding hydrogens is 226 g/mol. The Morgan fingerprint density at radius 2 is 1.67 bits per heavy atom. The topological polar surface area (TPSA) is 49.3 Å². The van der Waals surface area contributed by atoms with Gasteiger partial charge in [0.1, 0.15) is 6.04 Å². The average molecular weight is 249 g/mol. The molecule has 0 unspecified atom stereocenters. The molecule has 2 N–H and O–H groups in total. The highest BCUT2D eigenvalue weighted by molar-refractivity contribution is 5.77. The Hall–Kier alpha value is -1.51. The van der Waals surface area contributed by atoms with Gasteiger partial charge in [-0.1, -0.05) is 46.8 Å². The molecule has 0 saturated heterocycles. The van der Waals surface area contributed by atoms with Crippen LogP contribution in [-0.2, 0) is 10.2 Å². The van der Waals surface area contributed by atoms with E-state index in [0.717, 1.165) is 5.69 Å². The maximum Gasteiger partial charge on any atom is 0.326 e. The highest BCUT2D eigenvalue weighted by Crippen LogP contribution is 2.24. The van der Waals surface area contributed by atoms with E-state index >= 15 is 0 Å². The van der Waals surface area contributed by atoms with Crippen LogP contribution in [-0.4, -0.2) is 17.1 Å². The lowest BCUT2D eigenvalue weighted by Gasteiger charge is -2.22. The summed E-state index contributed by atoms with van der Waals surface area (Å²) in [7, 11) is 0. The Balaban J connectivity index is 2.83. The van der Waals surface area contributed by atoms with Crippen molar-refractivity contribution in [1.29, 1.82) is 0 Å². The first-order valence-corrected chi connectivity index (χ1v) is 6.31. The van der Waals surface area contributed by atoms with Gasteiger partial charge in [0.25, 0.3) is 0 Å². The van der Waals surface area contributed by atoms with Crippen molar-refractivity contribution in [2.75, 3.05) is 5.32 Å². The largest absolute Gasteiger partial charge is 0.480 e. The second-order valence-electron chi connectivity index (χ2n) is 6.03. The molecule has 0 aliphatic carbocycles. The third kappa shape index (κ3) is 3.76. The summed E-state index contributed by atoms with van der Waals surface area (Å²) in [6, 6.07) is 7.42. The summed E-state index contributed by atoms with van der Waals surface area (Å²) in [5.74, 6) is -0.769. The van der Waals surface area contributed by atoms with Crippen molar-refractivity contribution in [3.63, 3.8) is 0 Å². The van der Waals surface area contributed by atoms with E-state index in [1.807, 2.05) is 38.1 Å². The third-order valence-electron chi connectivity index (χ3n) is 3.01. The van der Waals surface area contributed by atoms with Crippen LogP contribution in [0.5, 0.6) is 0 Å². The molecule has 100 valence electrons. The molecule has 3 nitrogen and oxygen atoms in total. The van der Waals surface area contributed by atoms with Crippen LogP contribution in [0.1, 0.15) is 40.2 Å². The van der Waals surface area contributed by atoms with Crippen LogP contribution in [0, 0.1) is 5.92 Å². The van der Waals surface area contributed by atoms with Gasteiger partial charge in [0.05, 0.1) is 0 Å². The molecule has 3 heteroatoms. The van der Waals surface area contributed by atoms with E-state index in [2.05, 4.69) is 26.1 Å². The number of aliphatic carboxylic acids is 1. The Morgan fingerprint density at radius 3 is 2.00 bits per heavy atom. The lowest BCUT2D eigenvalue weighted by molar-refractivity contribution is -0.138. The van der Waals surface area contributed by atoms with Crippen LogP contribution in [0.15, 0.2) is 24.3 Å². The molecule has 1 aromatic carbocycles. The second-order valence-corrected chi connectivity index (χ2v) is 6.03. The monoisotopic (exact) mass is 249 g/mol. The number of hydrogen-bond donors (Lipinski definition) is 2. The Labute approximate surface area is 109 Å². The zero-order chi connectivity index (χ0) is 13.9. The fourth-order valence-corrected chi connectivity index (χ4v) is 1.76. The van der Waals surface area contributed by atoms with Crippen LogP contribution in [0.4, 0.5) is 5.69 Å². The van der Waals surface area contributed by atoms with Crippen molar-refractivity contribution in [2.45, 2.75) is 46.1 Å². The summed E-state index contributed by atoms with van der Waals surface area (Å²) in [6.45, 7) is 10.3. The number of nitrogens with one attached hydrogen (secondary N) is 1. The molecule has 0 amide bonds. The first-order chi connectivity index (χ1) is 8.21. The summed E-state index contributed by atoms with van der Waals surface area (Å²) in [4.78, 5) is 11.1. The lowest BCUT2D eigenvalue weighted by Crippen LogP contribution is -2.34. The van der Waals surface area contributed by atoms with Gasteiger partial charge >= 0.3 is 5.97 Å². The molecule has 1 rings (SSSR count). The summed E-state index contributed by atoms with van der Waals surface area (Å²) < 4.78 is 0. The summed E-state index contributed by atoms with van der Waals surface area (Å²) in [6.07, 6.45) is 0. The van der Waals surface area contributed by atoms with Crippen molar-refractivity contribution in [1.82, 2.24) is 0 Å². The van der Waals surface area contributed by atoms with Gasteiger partial charge in [-0.15, -0.1) is 0 Å². The minimum Gasteiger partial charge on any atom is -0.480 e. The summed E-state index contributed by atoms with van der Waals surface area (Å²) in [5.41, 5.74) is 2.21. The van der Waals surface area contributed by atoms with E-state index in [1.54, 1.807) is 0 Å². The molecule has 1 atom stereocenters. The smallest absolute Gasteiger partial charge is 0.326 e. The van der Waals surface area contributed by atoms with E-state index in [4.69, 9.17) is 5.11 Å². The summed E-state index contributed by atoms with van der Waals surface area (Å²) in [5, 5.41) is 12.2. The maximum atomic E-state index is 11.1. The van der Waals surface area contributed by atoms with Crippen LogP contribution in [0.25, 0.3) is 0 Å². The predicted molar refractivity (Wildman–Crippen MR) is 75.0 cm³/mol. The molecule has 0 saturated carbocycles. The van der Waals surface area contributed by atoms with Crippen molar-refractivity contribution in [2.24, 2.45) is 5.92 Å². The molecule has 18 heavy (non-hydrogen) atoms. The molecule has 0 aliphatic heterocycles. The standard InChI is InChI=1S/C15H23NO2/c1-10(2)13(14(17)18)16-12-8-6-11(7-9-12)15(3,4)5/h6-10,13,16H,1-5H3,(H,17,18)/t13-/m0/s1. The van der Waals surface area contributed by atoms with Crippen molar-refractivity contribution in [3.05, 3.63) is 29.8 Å². The Bertz CT molecular complexity index is 401. The SMILES string of the molecule is CC(C)[C@H](Nc1ccc(C(C)(C)C)cc1)C(=O)O. The normalized spacial score (nSPS) is 13.4. The van der Waals surface area contributed by atoms with E-state index in [9.17, 15) is 4.79 Å². The number of anilines is 1. The van der Waals surface area contributed by atoms with Crippen LogP contribution in [0.3, 0.4) is 0 Å². The molecule has 0 spiro atoms. The maximum absolute atomic E-state index is 11.1. The average Bonchev–Trinajstić information content (AvgIpc) is 2.24. The van der Waals surface area contributed by atoms with E-state index in [1.165, 1.54) is 5.56 Å². The van der Waals surface area contributed by atoms with Crippen molar-refractivity contribution < 1.29 is 9.90 Å². The van der Waals surface area contributed by atoms with Gasteiger partial charge < -0.3 is 10.4 Å². The van der Waals surface area contributed by atoms with Gasteiger partial charge in [-0.3, -0.25) is 0 Å². The van der Waals surface area contributed by atoms with Crippen molar-refractivity contribution in [3.8, 4) is 0 Å². The minimum atomic E-state index is -0.815. The molecule has 0 fully saturated rings. The minimum absolute atomic E-state index is 0.0461. The number of hydrogen-bond acceptors (Lipinski definition) is 2. The van der Waals surface area contributed by atoms with E-state index in [0.29, 0.717) is 0 Å². The number of carboxylic acid groups (broad SMARTS) is 1. The number of carbonyl (C=O) groups is 1. The zero-order valence-corrected chi connectivity index (χ0v) is 11.8. The van der Waals surface area contributed by atoms with Gasteiger partial charge in [0.15, 0.2) is 0 Å². The van der Waals surface area contributed by atoms with Gasteiger partial charge in [-0.05, 0) is 29.0 Å². The molecule has 0 heterocycles. The van der Waals surface area contributed by atoms with Gasteiger partial charge in [0.2, 0.25) is 0 Å². The fraction of sp³-hybridized carbons (Fsp3) is 0.533. The van der Waals surface area contributed by atoms with E-state index < -0.39 is 12.0 Å². The van der Waals surface area contributed by atoms with Crippen LogP contribution in [0.2, 0.25) is 0 Å². The molecule has 0 radical (unpaired) electrons. The first-order valence-electron chi connectivity index (χ1n) is 6.31. The van der Waals surface area contributed by atoms with Gasteiger partial charge in [-0.2, -0.15) is 0 Å². The Morgan fingerprint density at radius 1 is 1.17 bits per heavy atom. The fourth-order valence-electron chi connectivity index (χ4n) is 1.76. The van der Waals surface area contributed by atoms with Crippen LogP contribution < -0.4 is 5.32 Å². The number of carboxylic acids is 1. The quantitative estimate of drug-likeness (QED) is 0.858. The van der Waals surface area contributed by atoms with Gasteiger partial charge in [0, 0.05) is 5.69 Å². The number of benzene rings is 1. The van der Waals surface area contributed by atoms with E-state index in [-0.39, 0.29) is 11.3 Å². The Kier molecular flexibility index (Phi) is 4.38. The van der Waals surface area contributed by atoms with Gasteiger partial charge in [-0.25, -0.2) is 4.79 Å².